The fourth-order valence-electron chi connectivity index (χ4n) is 3.98. The summed E-state index contributed by atoms with van der Waals surface area (Å²) in [5, 5.41) is 3.13. The summed E-state index contributed by atoms with van der Waals surface area (Å²) in [6.45, 7) is 5.12. The largest absolute Gasteiger partial charge is 0.391 e. The number of aryl methyl sites for hydroxylation is 2. The van der Waals surface area contributed by atoms with Crippen LogP contribution in [0, 0.1) is 19.8 Å². The van der Waals surface area contributed by atoms with Crippen molar-refractivity contribution < 1.29 is 13.2 Å². The molecule has 1 heterocycles. The van der Waals surface area contributed by atoms with Crippen molar-refractivity contribution in [1.29, 1.82) is 0 Å². The lowest BCUT2D eigenvalue weighted by Gasteiger charge is -2.44. The van der Waals surface area contributed by atoms with Gasteiger partial charge >= 0.3 is 6.18 Å². The number of nitrogens with one attached hydrogen (secondary N) is 1. The molecule has 1 aromatic rings. The highest BCUT2D eigenvalue weighted by molar-refractivity contribution is 14.0. The van der Waals surface area contributed by atoms with Crippen molar-refractivity contribution in [3.8, 4) is 0 Å². The average Bonchev–Trinajstić information content (AvgIpc) is 2.48. The van der Waals surface area contributed by atoms with E-state index < -0.39 is 12.1 Å². The standard InChI is InChI=1S/C19H27F3N4.HI/c1-12-7-13(2)9-15(8-12)24-18(23)25-16-10-17(11-16)26-5-3-14(4-6-26)19(20,21)22;/h7-9,14,16-17H,3-6,10-11H2,1-2H3,(H3,23,24,25);1H. The maximum absolute atomic E-state index is 12.7. The molecule has 0 unspecified atom stereocenters. The third kappa shape index (κ3) is 5.97. The molecular formula is C19H28F3IN4. The average molecular weight is 496 g/mol. The first kappa shape index (κ1) is 22.3. The minimum atomic E-state index is -4.05. The van der Waals surface area contributed by atoms with E-state index in [4.69, 9.17) is 5.73 Å². The summed E-state index contributed by atoms with van der Waals surface area (Å²) in [7, 11) is 0. The number of guanidine groups is 1. The van der Waals surface area contributed by atoms with Gasteiger partial charge in [0.2, 0.25) is 0 Å². The van der Waals surface area contributed by atoms with E-state index in [0.29, 0.717) is 25.1 Å². The molecule has 3 rings (SSSR count). The van der Waals surface area contributed by atoms with Crippen LogP contribution in [0.2, 0.25) is 0 Å². The molecule has 0 bridgehead atoms. The van der Waals surface area contributed by atoms with Gasteiger partial charge in [-0.15, -0.1) is 24.0 Å². The van der Waals surface area contributed by atoms with Crippen molar-refractivity contribution in [2.75, 3.05) is 18.4 Å². The van der Waals surface area contributed by atoms with Crippen LogP contribution in [0.1, 0.15) is 36.8 Å². The summed E-state index contributed by atoms with van der Waals surface area (Å²) in [6.07, 6.45) is -1.89. The predicted octanol–water partition coefficient (Wildman–Crippen LogP) is 4.45. The zero-order chi connectivity index (χ0) is 18.9. The third-order valence-corrected chi connectivity index (χ3v) is 5.41. The van der Waals surface area contributed by atoms with Crippen molar-refractivity contribution in [3.05, 3.63) is 29.3 Å². The van der Waals surface area contributed by atoms with Gasteiger partial charge in [0, 0.05) is 11.7 Å². The van der Waals surface area contributed by atoms with Crippen LogP contribution in [0.3, 0.4) is 0 Å². The summed E-state index contributed by atoms with van der Waals surface area (Å²) in [5.41, 5.74) is 9.25. The van der Waals surface area contributed by atoms with E-state index in [9.17, 15) is 13.2 Å². The molecule has 3 N–H and O–H groups in total. The van der Waals surface area contributed by atoms with E-state index in [1.165, 1.54) is 0 Å². The van der Waals surface area contributed by atoms with Gasteiger partial charge < -0.3 is 16.0 Å². The van der Waals surface area contributed by atoms with Gasteiger partial charge in [-0.05, 0) is 75.9 Å². The summed E-state index contributed by atoms with van der Waals surface area (Å²) < 4.78 is 38.2. The van der Waals surface area contributed by atoms with Crippen LogP contribution in [0.15, 0.2) is 23.2 Å². The molecule has 0 spiro atoms. The van der Waals surface area contributed by atoms with Crippen LogP contribution in [0.25, 0.3) is 0 Å². The molecule has 1 aliphatic carbocycles. The van der Waals surface area contributed by atoms with Crippen molar-refractivity contribution in [2.45, 2.75) is 57.8 Å². The molecule has 0 aromatic heterocycles. The molecule has 1 saturated heterocycles. The Hall–Kier alpha value is -1.03. The molecule has 0 atom stereocenters. The highest BCUT2D eigenvalue weighted by atomic mass is 127. The monoisotopic (exact) mass is 496 g/mol. The number of rotatable bonds is 3. The van der Waals surface area contributed by atoms with Crippen LogP contribution in [-0.4, -0.2) is 42.2 Å². The number of anilines is 1. The topological polar surface area (TPSA) is 53.6 Å². The molecule has 8 heteroatoms. The summed E-state index contributed by atoms with van der Waals surface area (Å²) in [4.78, 5) is 6.70. The number of aliphatic imine (C=N–C) groups is 1. The Morgan fingerprint density at radius 2 is 1.67 bits per heavy atom. The number of benzene rings is 1. The molecule has 1 saturated carbocycles. The van der Waals surface area contributed by atoms with Gasteiger partial charge in [0.05, 0.1) is 12.0 Å². The van der Waals surface area contributed by atoms with E-state index in [-0.39, 0.29) is 42.9 Å². The molecule has 0 radical (unpaired) electrons. The van der Waals surface area contributed by atoms with Gasteiger partial charge in [0.25, 0.3) is 0 Å². The number of hydrogen-bond donors (Lipinski definition) is 2. The second kappa shape index (κ2) is 8.98. The lowest BCUT2D eigenvalue weighted by molar-refractivity contribution is -0.187. The van der Waals surface area contributed by atoms with Crippen molar-refractivity contribution in [1.82, 2.24) is 4.90 Å². The smallest absolute Gasteiger partial charge is 0.370 e. The quantitative estimate of drug-likeness (QED) is 0.370. The van der Waals surface area contributed by atoms with Crippen LogP contribution in [-0.2, 0) is 0 Å². The maximum Gasteiger partial charge on any atom is 0.391 e. The second-order valence-electron chi connectivity index (χ2n) is 7.65. The fraction of sp³-hybridized carbons (Fsp3) is 0.632. The van der Waals surface area contributed by atoms with E-state index >= 15 is 0 Å². The molecule has 2 fully saturated rings. The first-order valence-electron chi connectivity index (χ1n) is 9.20. The van der Waals surface area contributed by atoms with Crippen LogP contribution in [0.5, 0.6) is 0 Å². The minimum absolute atomic E-state index is 0. The van der Waals surface area contributed by atoms with Crippen molar-refractivity contribution >= 4 is 35.6 Å². The Labute approximate surface area is 175 Å². The van der Waals surface area contributed by atoms with Gasteiger partial charge in [-0.25, -0.2) is 4.99 Å². The van der Waals surface area contributed by atoms with Crippen LogP contribution < -0.4 is 11.1 Å². The molecule has 152 valence electrons. The number of halogens is 4. The number of hydrogen-bond acceptors (Lipinski definition) is 2. The first-order valence-corrected chi connectivity index (χ1v) is 9.20. The number of nitrogens with zero attached hydrogens (tertiary/aromatic N) is 2. The maximum atomic E-state index is 12.7. The fourth-order valence-corrected chi connectivity index (χ4v) is 3.98. The van der Waals surface area contributed by atoms with Crippen LogP contribution in [0.4, 0.5) is 18.9 Å². The zero-order valence-corrected chi connectivity index (χ0v) is 18.1. The highest BCUT2D eigenvalue weighted by Gasteiger charge is 2.43. The van der Waals surface area contributed by atoms with E-state index in [1.807, 2.05) is 26.0 Å². The molecule has 1 aliphatic heterocycles. The van der Waals surface area contributed by atoms with Crippen molar-refractivity contribution in [2.24, 2.45) is 16.6 Å². The molecule has 4 nitrogen and oxygen atoms in total. The Morgan fingerprint density at radius 1 is 1.11 bits per heavy atom. The molecule has 2 aliphatic rings. The van der Waals surface area contributed by atoms with Gasteiger partial charge in [-0.2, -0.15) is 13.2 Å². The van der Waals surface area contributed by atoms with Gasteiger partial charge in [0.15, 0.2) is 5.96 Å². The normalized spacial score (nSPS) is 24.9. The molecule has 1 aromatic carbocycles. The molecular weight excluding hydrogens is 468 g/mol. The number of piperidine rings is 1. The van der Waals surface area contributed by atoms with Crippen LogP contribution >= 0.6 is 24.0 Å². The highest BCUT2D eigenvalue weighted by Crippen LogP contribution is 2.37. The van der Waals surface area contributed by atoms with E-state index in [1.54, 1.807) is 0 Å². The van der Waals surface area contributed by atoms with Crippen molar-refractivity contribution in [3.63, 3.8) is 0 Å². The lowest BCUT2D eigenvalue weighted by Crippen LogP contribution is -2.51. The lowest BCUT2D eigenvalue weighted by atomic mass is 9.83. The van der Waals surface area contributed by atoms with Gasteiger partial charge in [0.1, 0.15) is 0 Å². The number of alkyl halides is 3. The minimum Gasteiger partial charge on any atom is -0.370 e. The Bertz CT molecular complexity index is 643. The first-order chi connectivity index (χ1) is 12.2. The second-order valence-corrected chi connectivity index (χ2v) is 7.65. The molecule has 0 amide bonds. The predicted molar refractivity (Wildman–Crippen MR) is 114 cm³/mol. The summed E-state index contributed by atoms with van der Waals surface area (Å²) in [5.74, 6) is -0.737. The summed E-state index contributed by atoms with van der Waals surface area (Å²) in [6, 6.07) is 6.62. The molecule has 27 heavy (non-hydrogen) atoms. The van der Waals surface area contributed by atoms with Gasteiger partial charge in [-0.3, -0.25) is 0 Å². The number of likely N-dealkylation sites (tertiary alicyclic amines) is 1. The number of nitrogens with two attached hydrogens (primary N) is 1. The Kier molecular flexibility index (Phi) is 7.40. The third-order valence-electron chi connectivity index (χ3n) is 5.41. The van der Waals surface area contributed by atoms with E-state index in [2.05, 4.69) is 21.3 Å². The summed E-state index contributed by atoms with van der Waals surface area (Å²) >= 11 is 0. The SMILES string of the molecule is Cc1cc(C)cc(NC(N)=NC2CC(N3CCC(C(F)(F)F)CC3)C2)c1.I. The van der Waals surface area contributed by atoms with Gasteiger partial charge in [-0.1, -0.05) is 6.07 Å². The Balaban J connectivity index is 0.00000261. The Morgan fingerprint density at radius 3 is 2.19 bits per heavy atom. The zero-order valence-electron chi connectivity index (χ0n) is 15.7. The van der Waals surface area contributed by atoms with E-state index in [0.717, 1.165) is 29.7 Å².